The molecule has 10 heteroatoms. The molecule has 1 atom stereocenters. The maximum absolute atomic E-state index is 12.5. The molecule has 176 valence electrons. The number of nitrogens with one attached hydrogen (secondary N) is 2. The first kappa shape index (κ1) is 24.6. The fourth-order valence-corrected chi connectivity index (χ4v) is 4.14. The average Bonchev–Trinajstić information content (AvgIpc) is 3.12. The van der Waals surface area contributed by atoms with Crippen molar-refractivity contribution in [2.75, 3.05) is 32.2 Å². The first-order chi connectivity index (χ1) is 15.9. The van der Waals surface area contributed by atoms with Gasteiger partial charge in [0, 0.05) is 5.02 Å². The van der Waals surface area contributed by atoms with E-state index < -0.39 is 11.5 Å². The normalized spacial score (nSPS) is 16.3. The number of carbonyl (C=O) groups excluding carboxylic acids is 2. The zero-order valence-electron chi connectivity index (χ0n) is 18.5. The third-order valence-electron chi connectivity index (χ3n) is 4.40. The quantitative estimate of drug-likeness (QED) is 0.374. The molecule has 0 bridgehead atoms. The molecule has 1 aliphatic heterocycles. The standard InChI is InChI=1S/C23H25ClN2O6S/c1-4-30-19-10-14(6-8-18(19)32-13-21(27)31-5-2)11-20-22(28)26-23(33-20)25-16-12-15(24)7-9-17(16)29-3/h6-12,23,25H,4-5,13H2,1-3H3,(H,26,28)/b20-11-. The summed E-state index contributed by atoms with van der Waals surface area (Å²) in [6.07, 6.45) is 1.76. The van der Waals surface area contributed by atoms with E-state index in [0.717, 1.165) is 5.56 Å². The van der Waals surface area contributed by atoms with Gasteiger partial charge in [-0.15, -0.1) is 0 Å². The summed E-state index contributed by atoms with van der Waals surface area (Å²) in [6.45, 7) is 4.06. The van der Waals surface area contributed by atoms with Crippen molar-refractivity contribution >= 4 is 47.0 Å². The lowest BCUT2D eigenvalue weighted by atomic mass is 10.2. The van der Waals surface area contributed by atoms with Crippen LogP contribution in [0.2, 0.25) is 5.02 Å². The highest BCUT2D eigenvalue weighted by molar-refractivity contribution is 8.05. The van der Waals surface area contributed by atoms with Crippen LogP contribution in [-0.2, 0) is 14.3 Å². The van der Waals surface area contributed by atoms with Crippen LogP contribution in [0.5, 0.6) is 17.2 Å². The van der Waals surface area contributed by atoms with E-state index in [4.69, 9.17) is 30.5 Å². The minimum atomic E-state index is -0.458. The van der Waals surface area contributed by atoms with Gasteiger partial charge in [-0.2, -0.15) is 0 Å². The Morgan fingerprint density at radius 1 is 1.12 bits per heavy atom. The summed E-state index contributed by atoms with van der Waals surface area (Å²) in [5, 5.41) is 6.65. The molecule has 2 aromatic carbocycles. The molecule has 0 radical (unpaired) electrons. The van der Waals surface area contributed by atoms with Gasteiger partial charge in [0.05, 0.1) is 30.9 Å². The van der Waals surface area contributed by atoms with E-state index in [9.17, 15) is 9.59 Å². The van der Waals surface area contributed by atoms with Crippen LogP contribution in [0, 0.1) is 0 Å². The molecule has 1 saturated heterocycles. The number of thioether (sulfide) groups is 1. The second kappa shape index (κ2) is 11.7. The lowest BCUT2D eigenvalue weighted by Crippen LogP contribution is -2.31. The molecule has 1 unspecified atom stereocenters. The monoisotopic (exact) mass is 492 g/mol. The molecule has 2 N–H and O–H groups in total. The second-order valence-corrected chi connectivity index (χ2v) is 8.29. The Morgan fingerprint density at radius 2 is 1.91 bits per heavy atom. The molecule has 2 aromatic rings. The summed E-state index contributed by atoms with van der Waals surface area (Å²) >= 11 is 7.42. The van der Waals surface area contributed by atoms with Crippen LogP contribution < -0.4 is 24.8 Å². The number of esters is 1. The van der Waals surface area contributed by atoms with Gasteiger partial charge in [0.15, 0.2) is 23.6 Å². The Hall–Kier alpha value is -3.04. The summed E-state index contributed by atoms with van der Waals surface area (Å²) in [5.41, 5.74) is 1.03. The van der Waals surface area contributed by atoms with Crippen LogP contribution in [0.15, 0.2) is 41.3 Å². The summed E-state index contributed by atoms with van der Waals surface area (Å²) < 4.78 is 21.4. The fourth-order valence-electron chi connectivity index (χ4n) is 2.99. The first-order valence-electron chi connectivity index (χ1n) is 10.3. The van der Waals surface area contributed by atoms with Gasteiger partial charge in [-0.05, 0) is 55.8 Å². The fraction of sp³-hybridized carbons (Fsp3) is 0.304. The Kier molecular flexibility index (Phi) is 8.73. The number of methoxy groups -OCH3 is 1. The van der Waals surface area contributed by atoms with E-state index in [1.54, 1.807) is 56.5 Å². The zero-order valence-corrected chi connectivity index (χ0v) is 20.0. The topological polar surface area (TPSA) is 95.1 Å². The number of rotatable bonds is 10. The van der Waals surface area contributed by atoms with Crippen molar-refractivity contribution in [1.29, 1.82) is 0 Å². The Morgan fingerprint density at radius 3 is 2.64 bits per heavy atom. The van der Waals surface area contributed by atoms with Crippen LogP contribution in [0.1, 0.15) is 19.4 Å². The van der Waals surface area contributed by atoms with Gasteiger partial charge >= 0.3 is 5.97 Å². The zero-order chi connectivity index (χ0) is 23.8. The molecular weight excluding hydrogens is 468 g/mol. The number of carbonyl (C=O) groups is 2. The molecule has 0 saturated carbocycles. The molecule has 0 aromatic heterocycles. The molecule has 8 nitrogen and oxygen atoms in total. The lowest BCUT2D eigenvalue weighted by Gasteiger charge is -2.15. The SMILES string of the molecule is CCOC(=O)COc1ccc(/C=C2\SC(Nc3cc(Cl)ccc3OC)NC2=O)cc1OCC. The molecule has 33 heavy (non-hydrogen) atoms. The smallest absolute Gasteiger partial charge is 0.344 e. The Balaban J connectivity index is 1.73. The van der Waals surface area contributed by atoms with E-state index in [2.05, 4.69) is 10.6 Å². The van der Waals surface area contributed by atoms with Crippen LogP contribution in [0.4, 0.5) is 5.69 Å². The van der Waals surface area contributed by atoms with Crippen molar-refractivity contribution in [2.45, 2.75) is 19.3 Å². The van der Waals surface area contributed by atoms with Gasteiger partial charge in [-0.25, -0.2) is 4.79 Å². The van der Waals surface area contributed by atoms with Crippen LogP contribution in [0.25, 0.3) is 6.08 Å². The van der Waals surface area contributed by atoms with Crippen molar-refractivity contribution in [2.24, 2.45) is 0 Å². The highest BCUT2D eigenvalue weighted by atomic mass is 35.5. The summed E-state index contributed by atoms with van der Waals surface area (Å²) in [5.74, 6) is 0.839. The molecule has 1 aliphatic rings. The van der Waals surface area contributed by atoms with E-state index in [1.165, 1.54) is 11.8 Å². The van der Waals surface area contributed by atoms with Gasteiger partial charge in [0.25, 0.3) is 5.91 Å². The van der Waals surface area contributed by atoms with E-state index >= 15 is 0 Å². The average molecular weight is 493 g/mol. The van der Waals surface area contributed by atoms with Gasteiger partial charge in [0.2, 0.25) is 0 Å². The lowest BCUT2D eigenvalue weighted by molar-refractivity contribution is -0.145. The summed E-state index contributed by atoms with van der Waals surface area (Å²) in [4.78, 5) is 24.6. The van der Waals surface area contributed by atoms with E-state index in [1.807, 2.05) is 6.92 Å². The molecule has 1 heterocycles. The van der Waals surface area contributed by atoms with E-state index in [0.29, 0.717) is 39.5 Å². The van der Waals surface area contributed by atoms with Crippen molar-refractivity contribution < 1.29 is 28.5 Å². The maximum Gasteiger partial charge on any atom is 0.344 e. The number of anilines is 1. The highest BCUT2D eigenvalue weighted by Gasteiger charge is 2.28. The van der Waals surface area contributed by atoms with Gasteiger partial charge in [-0.3, -0.25) is 4.79 Å². The van der Waals surface area contributed by atoms with Crippen molar-refractivity contribution in [3.63, 3.8) is 0 Å². The number of benzene rings is 2. The third-order valence-corrected chi connectivity index (χ3v) is 5.66. The molecular formula is C23H25ClN2O6S. The number of halogens is 1. The van der Waals surface area contributed by atoms with Gasteiger partial charge in [0.1, 0.15) is 5.75 Å². The maximum atomic E-state index is 12.5. The van der Waals surface area contributed by atoms with Crippen LogP contribution in [0.3, 0.4) is 0 Å². The highest BCUT2D eigenvalue weighted by Crippen LogP contribution is 2.35. The van der Waals surface area contributed by atoms with Gasteiger partial charge < -0.3 is 29.6 Å². The van der Waals surface area contributed by atoms with Crippen LogP contribution >= 0.6 is 23.4 Å². The van der Waals surface area contributed by atoms with Crippen molar-refractivity contribution in [1.82, 2.24) is 5.32 Å². The van der Waals surface area contributed by atoms with Gasteiger partial charge in [-0.1, -0.05) is 29.4 Å². The Labute approximate surface area is 201 Å². The minimum absolute atomic E-state index is 0.209. The van der Waals surface area contributed by atoms with Crippen molar-refractivity contribution in [3.8, 4) is 17.2 Å². The minimum Gasteiger partial charge on any atom is -0.495 e. The van der Waals surface area contributed by atoms with Crippen LogP contribution in [-0.4, -0.2) is 44.3 Å². The summed E-state index contributed by atoms with van der Waals surface area (Å²) in [6, 6.07) is 10.5. The Bertz CT molecular complexity index is 1050. The predicted octanol–water partition coefficient (Wildman–Crippen LogP) is 4.29. The van der Waals surface area contributed by atoms with E-state index in [-0.39, 0.29) is 19.1 Å². The number of hydrogen-bond acceptors (Lipinski definition) is 8. The largest absolute Gasteiger partial charge is 0.495 e. The number of hydrogen-bond donors (Lipinski definition) is 2. The molecule has 0 aliphatic carbocycles. The summed E-state index contributed by atoms with van der Waals surface area (Å²) in [7, 11) is 1.57. The molecule has 1 fully saturated rings. The molecule has 3 rings (SSSR count). The predicted molar refractivity (Wildman–Crippen MR) is 129 cm³/mol. The molecule has 0 spiro atoms. The first-order valence-corrected chi connectivity index (χ1v) is 11.5. The van der Waals surface area contributed by atoms with Crippen molar-refractivity contribution in [3.05, 3.63) is 51.9 Å². The second-order valence-electron chi connectivity index (χ2n) is 6.70. The number of ether oxygens (including phenoxy) is 4. The number of amides is 1. The molecule has 1 amide bonds. The third kappa shape index (κ3) is 6.72.